The Labute approximate surface area is 190 Å². The summed E-state index contributed by atoms with van der Waals surface area (Å²) in [5.41, 5.74) is 2.42. The fourth-order valence-electron chi connectivity index (χ4n) is 3.46. The van der Waals surface area contributed by atoms with Crippen LogP contribution >= 0.6 is 11.6 Å². The van der Waals surface area contributed by atoms with Crippen LogP contribution in [-0.2, 0) is 9.59 Å². The zero-order valence-corrected chi connectivity index (χ0v) is 18.2. The largest absolute Gasteiger partial charge is 0.494 e. The Hall–Kier alpha value is -3.64. The maximum absolute atomic E-state index is 13.5. The van der Waals surface area contributed by atoms with Gasteiger partial charge in [-0.3, -0.25) is 9.59 Å². The van der Waals surface area contributed by atoms with Crippen molar-refractivity contribution in [3.63, 3.8) is 0 Å². The topological polar surface area (TPSA) is 58.6 Å². The van der Waals surface area contributed by atoms with Gasteiger partial charge in [0.2, 0.25) is 0 Å². The van der Waals surface area contributed by atoms with E-state index in [1.165, 1.54) is 24.3 Å². The second kappa shape index (κ2) is 8.85. The maximum atomic E-state index is 13.5. The molecule has 32 heavy (non-hydrogen) atoms. The molecule has 0 saturated heterocycles. The van der Waals surface area contributed by atoms with Gasteiger partial charge in [0.25, 0.3) is 11.8 Å². The molecule has 0 unspecified atom stereocenters. The van der Waals surface area contributed by atoms with Crippen molar-refractivity contribution < 1.29 is 18.7 Å². The number of amides is 2. The van der Waals surface area contributed by atoms with Gasteiger partial charge in [0.05, 0.1) is 17.9 Å². The number of anilines is 2. The van der Waals surface area contributed by atoms with Crippen molar-refractivity contribution in [2.75, 3.05) is 16.8 Å². The molecule has 0 fully saturated rings. The molecule has 1 N–H and O–H groups in total. The number of halogens is 2. The van der Waals surface area contributed by atoms with Gasteiger partial charge in [-0.1, -0.05) is 35.9 Å². The molecule has 3 aromatic rings. The average molecular weight is 451 g/mol. The van der Waals surface area contributed by atoms with Gasteiger partial charge in [-0.2, -0.15) is 0 Å². The highest BCUT2D eigenvalue weighted by Gasteiger charge is 2.40. The Morgan fingerprint density at radius 2 is 1.75 bits per heavy atom. The van der Waals surface area contributed by atoms with E-state index in [0.29, 0.717) is 34.3 Å². The lowest BCUT2D eigenvalue weighted by Gasteiger charge is -2.16. The van der Waals surface area contributed by atoms with Crippen LogP contribution in [0.5, 0.6) is 5.75 Å². The first-order valence-electron chi connectivity index (χ1n) is 10.0. The summed E-state index contributed by atoms with van der Waals surface area (Å²) in [5, 5.41) is 3.51. The highest BCUT2D eigenvalue weighted by Crippen LogP contribution is 2.35. The smallest absolute Gasteiger partial charge is 0.282 e. The first-order chi connectivity index (χ1) is 15.4. The third kappa shape index (κ3) is 4.09. The van der Waals surface area contributed by atoms with Gasteiger partial charge in [0.1, 0.15) is 17.3 Å². The predicted molar refractivity (Wildman–Crippen MR) is 123 cm³/mol. The van der Waals surface area contributed by atoms with Crippen molar-refractivity contribution in [2.24, 2.45) is 0 Å². The molecule has 7 heteroatoms. The molecule has 4 rings (SSSR count). The van der Waals surface area contributed by atoms with Gasteiger partial charge in [0.15, 0.2) is 0 Å². The van der Waals surface area contributed by atoms with E-state index in [9.17, 15) is 14.0 Å². The summed E-state index contributed by atoms with van der Waals surface area (Å²) in [5.74, 6) is -0.867. The lowest BCUT2D eigenvalue weighted by molar-refractivity contribution is -0.120. The molecule has 162 valence electrons. The maximum Gasteiger partial charge on any atom is 0.282 e. The number of carbonyl (C=O) groups excluding carboxylic acids is 2. The monoisotopic (exact) mass is 450 g/mol. The average Bonchev–Trinajstić information content (AvgIpc) is 3.01. The summed E-state index contributed by atoms with van der Waals surface area (Å²) >= 11 is 6.24. The van der Waals surface area contributed by atoms with E-state index in [1.807, 2.05) is 13.8 Å². The van der Waals surface area contributed by atoms with Gasteiger partial charge in [-0.25, -0.2) is 9.29 Å². The molecule has 1 aliphatic rings. The van der Waals surface area contributed by atoms with Gasteiger partial charge in [-0.05, 0) is 61.4 Å². The molecular formula is C25H20ClFN2O3. The van der Waals surface area contributed by atoms with Gasteiger partial charge >= 0.3 is 0 Å². The Morgan fingerprint density at radius 3 is 2.44 bits per heavy atom. The first-order valence-corrected chi connectivity index (χ1v) is 10.4. The van der Waals surface area contributed by atoms with Crippen LogP contribution in [0.25, 0.3) is 5.57 Å². The van der Waals surface area contributed by atoms with Crippen LogP contribution in [-0.4, -0.2) is 18.4 Å². The van der Waals surface area contributed by atoms with Crippen molar-refractivity contribution in [3.05, 3.63) is 94.4 Å². The van der Waals surface area contributed by atoms with Crippen molar-refractivity contribution in [1.29, 1.82) is 0 Å². The first kappa shape index (κ1) is 21.6. The van der Waals surface area contributed by atoms with Crippen molar-refractivity contribution in [2.45, 2.75) is 13.8 Å². The van der Waals surface area contributed by atoms with E-state index in [1.54, 1.807) is 42.5 Å². The molecule has 0 aromatic heterocycles. The van der Waals surface area contributed by atoms with Crippen molar-refractivity contribution in [3.8, 4) is 5.75 Å². The number of benzene rings is 3. The van der Waals surface area contributed by atoms with E-state index in [-0.39, 0.29) is 11.3 Å². The molecule has 3 aromatic carbocycles. The Kier molecular flexibility index (Phi) is 5.97. The summed E-state index contributed by atoms with van der Waals surface area (Å²) < 4.78 is 19.0. The lowest BCUT2D eigenvalue weighted by atomic mass is 10.0. The van der Waals surface area contributed by atoms with Crippen LogP contribution < -0.4 is 15.0 Å². The minimum absolute atomic E-state index is 0.0898. The van der Waals surface area contributed by atoms with Crippen LogP contribution in [0.3, 0.4) is 0 Å². The fraction of sp³-hybridized carbons (Fsp3) is 0.120. The van der Waals surface area contributed by atoms with Crippen LogP contribution in [0, 0.1) is 12.7 Å². The number of carbonyl (C=O) groups is 2. The molecule has 0 spiro atoms. The number of hydrogen-bond acceptors (Lipinski definition) is 4. The number of aryl methyl sites for hydroxylation is 1. The van der Waals surface area contributed by atoms with Gasteiger partial charge in [0, 0.05) is 16.8 Å². The lowest BCUT2D eigenvalue weighted by Crippen LogP contribution is -2.32. The molecule has 0 bridgehead atoms. The zero-order valence-electron chi connectivity index (χ0n) is 17.5. The highest BCUT2D eigenvalue weighted by molar-refractivity contribution is 6.46. The number of ether oxygens (including phenoxy) is 1. The van der Waals surface area contributed by atoms with E-state index in [2.05, 4.69) is 5.32 Å². The standard InChI is InChI=1S/C25H20ClFN2O3/c1-3-32-20-6-4-5-18(13-20)28-23-22(16-8-10-17(27)11-9-16)24(30)29(25(23)31)19-12-7-15(2)21(26)14-19/h4-14,28H,3H2,1-2H3. The second-order valence-corrected chi connectivity index (χ2v) is 7.63. The summed E-state index contributed by atoms with van der Waals surface area (Å²) in [6.07, 6.45) is 0. The summed E-state index contributed by atoms with van der Waals surface area (Å²) in [7, 11) is 0. The van der Waals surface area contributed by atoms with Crippen molar-refractivity contribution in [1.82, 2.24) is 0 Å². The van der Waals surface area contributed by atoms with Crippen LogP contribution in [0.15, 0.2) is 72.4 Å². The predicted octanol–water partition coefficient (Wildman–Crippen LogP) is 5.58. The van der Waals surface area contributed by atoms with Crippen LogP contribution in [0.1, 0.15) is 18.1 Å². The molecule has 1 aliphatic heterocycles. The zero-order chi connectivity index (χ0) is 22.8. The summed E-state index contributed by atoms with van der Waals surface area (Å²) in [4.78, 5) is 27.9. The van der Waals surface area contributed by atoms with E-state index >= 15 is 0 Å². The molecule has 2 amide bonds. The third-order valence-corrected chi connectivity index (χ3v) is 5.45. The van der Waals surface area contributed by atoms with Gasteiger partial charge in [-0.15, -0.1) is 0 Å². The fourth-order valence-corrected chi connectivity index (χ4v) is 3.63. The van der Waals surface area contributed by atoms with Crippen molar-refractivity contribution >= 4 is 40.4 Å². The minimum Gasteiger partial charge on any atom is -0.494 e. The van der Waals surface area contributed by atoms with Crippen LogP contribution in [0.4, 0.5) is 15.8 Å². The molecule has 1 heterocycles. The van der Waals surface area contributed by atoms with E-state index in [0.717, 1.165) is 10.5 Å². The van der Waals surface area contributed by atoms with E-state index < -0.39 is 17.6 Å². The molecule has 0 atom stereocenters. The number of imide groups is 1. The van der Waals surface area contributed by atoms with Crippen LogP contribution in [0.2, 0.25) is 5.02 Å². The quantitative estimate of drug-likeness (QED) is 0.498. The van der Waals surface area contributed by atoms with Gasteiger partial charge < -0.3 is 10.1 Å². The summed E-state index contributed by atoms with van der Waals surface area (Å²) in [6.45, 7) is 4.20. The van der Waals surface area contributed by atoms with E-state index in [4.69, 9.17) is 16.3 Å². The minimum atomic E-state index is -0.531. The Morgan fingerprint density at radius 1 is 1.00 bits per heavy atom. The molecule has 0 radical (unpaired) electrons. The molecule has 0 aliphatic carbocycles. The number of nitrogens with zero attached hydrogens (tertiary/aromatic N) is 1. The number of hydrogen-bond donors (Lipinski definition) is 1. The Bertz CT molecular complexity index is 1240. The third-order valence-electron chi connectivity index (χ3n) is 5.04. The summed E-state index contributed by atoms with van der Waals surface area (Å²) in [6, 6.07) is 17.5. The molecule has 0 saturated carbocycles. The normalized spacial score (nSPS) is 13.7. The Balaban J connectivity index is 1.80. The molecular weight excluding hydrogens is 431 g/mol. The highest BCUT2D eigenvalue weighted by atomic mass is 35.5. The number of rotatable bonds is 6. The second-order valence-electron chi connectivity index (χ2n) is 7.22. The number of nitrogens with one attached hydrogen (secondary N) is 1. The SMILES string of the molecule is CCOc1cccc(NC2=C(c3ccc(F)cc3)C(=O)N(c3ccc(C)c(Cl)c3)C2=O)c1. The molecule has 5 nitrogen and oxygen atoms in total.